The maximum atomic E-state index is 9.01. The Bertz CT molecular complexity index is 370. The summed E-state index contributed by atoms with van der Waals surface area (Å²) in [4.78, 5) is 4.39. The molecule has 3 nitrogen and oxygen atoms in total. The Morgan fingerprint density at radius 2 is 2.44 bits per heavy atom. The minimum absolute atomic E-state index is 0.0573. The highest BCUT2D eigenvalue weighted by Gasteiger charge is 2.26. The van der Waals surface area contributed by atoms with E-state index < -0.39 is 0 Å². The number of aryl methyl sites for hydroxylation is 1. The molecule has 0 aliphatic carbocycles. The van der Waals surface area contributed by atoms with E-state index in [1.165, 1.54) is 0 Å². The van der Waals surface area contributed by atoms with Crippen LogP contribution >= 0.6 is 11.8 Å². The molecule has 2 heterocycles. The monoisotopic (exact) mass is 239 g/mol. The van der Waals surface area contributed by atoms with Gasteiger partial charge in [0, 0.05) is 18.1 Å². The molecule has 0 aromatic carbocycles. The van der Waals surface area contributed by atoms with Crippen LogP contribution in [0.1, 0.15) is 24.5 Å². The highest BCUT2D eigenvalue weighted by atomic mass is 32.2. The number of aliphatic hydroxyl groups is 1. The molecule has 1 saturated heterocycles. The lowest BCUT2D eigenvalue weighted by molar-refractivity contribution is 0.127. The van der Waals surface area contributed by atoms with Gasteiger partial charge in [0.15, 0.2) is 0 Å². The summed E-state index contributed by atoms with van der Waals surface area (Å²) in [6.45, 7) is 5.06. The lowest BCUT2D eigenvalue weighted by Gasteiger charge is -2.14. The first-order valence-electron chi connectivity index (χ1n) is 5.55. The molecule has 0 spiro atoms. The second-order valence-electron chi connectivity index (χ2n) is 4.14. The molecule has 1 aliphatic rings. The number of thioether (sulfide) groups is 1. The quantitative estimate of drug-likeness (QED) is 0.877. The van der Waals surface area contributed by atoms with Crippen LogP contribution in [0, 0.1) is 6.92 Å². The number of rotatable bonds is 3. The minimum Gasteiger partial charge on any atom is -0.392 e. The topological polar surface area (TPSA) is 42.4 Å². The van der Waals surface area contributed by atoms with Crippen LogP contribution in [0.4, 0.5) is 0 Å². The molecule has 16 heavy (non-hydrogen) atoms. The van der Waals surface area contributed by atoms with E-state index in [2.05, 4.69) is 11.9 Å². The molecule has 4 heteroatoms. The summed E-state index contributed by atoms with van der Waals surface area (Å²) in [6, 6.07) is 2.00. The fourth-order valence-corrected chi connectivity index (χ4v) is 2.97. The third-order valence-electron chi connectivity index (χ3n) is 2.84. The molecule has 2 unspecified atom stereocenters. The second kappa shape index (κ2) is 5.17. The molecule has 1 aromatic heterocycles. The molecule has 0 bridgehead atoms. The van der Waals surface area contributed by atoms with Crippen LogP contribution in [0.5, 0.6) is 0 Å². The van der Waals surface area contributed by atoms with E-state index in [0.717, 1.165) is 29.2 Å². The van der Waals surface area contributed by atoms with Crippen LogP contribution in [0.15, 0.2) is 17.3 Å². The minimum atomic E-state index is 0.0573. The number of hydrogen-bond acceptors (Lipinski definition) is 4. The molecule has 88 valence electrons. The van der Waals surface area contributed by atoms with E-state index in [9.17, 15) is 0 Å². The molecule has 2 rings (SSSR count). The zero-order chi connectivity index (χ0) is 11.5. The summed E-state index contributed by atoms with van der Waals surface area (Å²) in [7, 11) is 0. The van der Waals surface area contributed by atoms with Gasteiger partial charge in [0.05, 0.1) is 17.7 Å². The molecular formula is C12H17NO2S. The van der Waals surface area contributed by atoms with Gasteiger partial charge < -0.3 is 9.84 Å². The summed E-state index contributed by atoms with van der Waals surface area (Å²) >= 11 is 1.79. The maximum Gasteiger partial charge on any atom is 0.0992 e. The fraction of sp³-hybridized carbons (Fsp3) is 0.583. The molecule has 0 amide bonds. The normalized spacial score (nSPS) is 24.9. The van der Waals surface area contributed by atoms with Crippen LogP contribution in [0.2, 0.25) is 0 Å². The van der Waals surface area contributed by atoms with Gasteiger partial charge in [-0.25, -0.2) is 4.98 Å². The van der Waals surface area contributed by atoms with Crippen molar-refractivity contribution in [3.05, 3.63) is 23.4 Å². The average molecular weight is 239 g/mol. The predicted octanol–water partition coefficient (Wildman–Crippen LogP) is 2.15. The summed E-state index contributed by atoms with van der Waals surface area (Å²) in [6.07, 6.45) is 3.15. The average Bonchev–Trinajstić information content (AvgIpc) is 2.67. The lowest BCUT2D eigenvalue weighted by atomic mass is 10.2. The van der Waals surface area contributed by atoms with Crippen molar-refractivity contribution in [2.45, 2.75) is 43.3 Å². The second-order valence-corrected chi connectivity index (χ2v) is 5.37. The number of aromatic nitrogens is 1. The number of nitrogens with zero attached hydrogens (tertiary/aromatic N) is 1. The SMILES string of the molecule is Cc1cc(CO)cnc1SC1CCOC1C. The summed E-state index contributed by atoms with van der Waals surface area (Å²) in [5.41, 5.74) is 2.01. The number of pyridine rings is 1. The zero-order valence-corrected chi connectivity index (χ0v) is 10.5. The summed E-state index contributed by atoms with van der Waals surface area (Å²) in [5, 5.41) is 10.6. The van der Waals surface area contributed by atoms with Crippen molar-refractivity contribution in [1.29, 1.82) is 0 Å². The summed E-state index contributed by atoms with van der Waals surface area (Å²) in [5.74, 6) is 0. The molecule has 1 aromatic rings. The van der Waals surface area contributed by atoms with E-state index in [1.54, 1.807) is 18.0 Å². The molecule has 0 radical (unpaired) electrons. The Hall–Kier alpha value is -0.580. The maximum absolute atomic E-state index is 9.01. The number of aliphatic hydroxyl groups excluding tert-OH is 1. The number of ether oxygens (including phenoxy) is 1. The predicted molar refractivity (Wildman–Crippen MR) is 64.6 cm³/mol. The molecule has 1 aliphatic heterocycles. The van der Waals surface area contributed by atoms with E-state index in [4.69, 9.17) is 9.84 Å². The van der Waals surface area contributed by atoms with Crippen molar-refractivity contribution < 1.29 is 9.84 Å². The van der Waals surface area contributed by atoms with Gasteiger partial charge in [-0.2, -0.15) is 0 Å². The first-order chi connectivity index (χ1) is 7.70. The van der Waals surface area contributed by atoms with Crippen LogP contribution in [0.3, 0.4) is 0 Å². The van der Waals surface area contributed by atoms with E-state index in [1.807, 2.05) is 13.0 Å². The van der Waals surface area contributed by atoms with E-state index in [-0.39, 0.29) is 6.61 Å². The van der Waals surface area contributed by atoms with Gasteiger partial charge in [0.1, 0.15) is 0 Å². The van der Waals surface area contributed by atoms with Gasteiger partial charge in [-0.15, -0.1) is 0 Å². The van der Waals surface area contributed by atoms with Crippen molar-refractivity contribution in [3.63, 3.8) is 0 Å². The van der Waals surface area contributed by atoms with Crippen molar-refractivity contribution in [2.24, 2.45) is 0 Å². The fourth-order valence-electron chi connectivity index (χ4n) is 1.84. The largest absolute Gasteiger partial charge is 0.392 e. The number of hydrogen-bond donors (Lipinski definition) is 1. The van der Waals surface area contributed by atoms with E-state index >= 15 is 0 Å². The first-order valence-corrected chi connectivity index (χ1v) is 6.43. The molecule has 1 N–H and O–H groups in total. The Labute approximate surface area is 100 Å². The standard InChI is InChI=1S/C12H17NO2S/c1-8-5-10(7-14)6-13-12(8)16-11-3-4-15-9(11)2/h5-6,9,11,14H,3-4,7H2,1-2H3. The highest BCUT2D eigenvalue weighted by molar-refractivity contribution is 8.00. The molecule has 0 saturated carbocycles. The third-order valence-corrected chi connectivity index (χ3v) is 4.41. The van der Waals surface area contributed by atoms with Crippen LogP contribution < -0.4 is 0 Å². The smallest absolute Gasteiger partial charge is 0.0992 e. The van der Waals surface area contributed by atoms with Crippen molar-refractivity contribution in [3.8, 4) is 0 Å². The van der Waals surface area contributed by atoms with Gasteiger partial charge in [-0.3, -0.25) is 0 Å². The van der Waals surface area contributed by atoms with Gasteiger partial charge >= 0.3 is 0 Å². The molecular weight excluding hydrogens is 222 g/mol. The lowest BCUT2D eigenvalue weighted by Crippen LogP contribution is -2.13. The Morgan fingerprint density at radius 3 is 3.00 bits per heavy atom. The van der Waals surface area contributed by atoms with Crippen LogP contribution in [0.25, 0.3) is 0 Å². The Morgan fingerprint density at radius 1 is 1.62 bits per heavy atom. The van der Waals surface area contributed by atoms with Gasteiger partial charge in [0.2, 0.25) is 0 Å². The van der Waals surface area contributed by atoms with Gasteiger partial charge in [0.25, 0.3) is 0 Å². The summed E-state index contributed by atoms with van der Waals surface area (Å²) < 4.78 is 5.53. The molecule has 2 atom stereocenters. The first kappa shape index (κ1) is 11.9. The van der Waals surface area contributed by atoms with Crippen LogP contribution in [-0.4, -0.2) is 28.1 Å². The van der Waals surface area contributed by atoms with Crippen LogP contribution in [-0.2, 0) is 11.3 Å². The zero-order valence-electron chi connectivity index (χ0n) is 9.64. The van der Waals surface area contributed by atoms with Gasteiger partial charge in [-0.1, -0.05) is 11.8 Å². The Balaban J connectivity index is 2.09. The van der Waals surface area contributed by atoms with Crippen molar-refractivity contribution in [1.82, 2.24) is 4.98 Å². The Kier molecular flexibility index (Phi) is 3.84. The molecule has 1 fully saturated rings. The van der Waals surface area contributed by atoms with Crippen molar-refractivity contribution >= 4 is 11.8 Å². The third kappa shape index (κ3) is 2.56. The highest BCUT2D eigenvalue weighted by Crippen LogP contribution is 2.33. The van der Waals surface area contributed by atoms with Gasteiger partial charge in [-0.05, 0) is 37.5 Å². The van der Waals surface area contributed by atoms with Crippen molar-refractivity contribution in [2.75, 3.05) is 6.61 Å². The van der Waals surface area contributed by atoms with E-state index in [0.29, 0.717) is 11.4 Å².